The minimum absolute atomic E-state index is 0.00458. The summed E-state index contributed by atoms with van der Waals surface area (Å²) >= 11 is 0. The van der Waals surface area contributed by atoms with Crippen molar-refractivity contribution in [1.82, 2.24) is 4.90 Å². The molecule has 0 aliphatic carbocycles. The summed E-state index contributed by atoms with van der Waals surface area (Å²) in [7, 11) is 0. The van der Waals surface area contributed by atoms with Gasteiger partial charge in [0.15, 0.2) is 0 Å². The molecular formula is C25H28FN3O3. The highest BCUT2D eigenvalue weighted by Gasteiger charge is 2.46. The molecule has 2 aromatic rings. The highest BCUT2D eigenvalue weighted by molar-refractivity contribution is 6.04. The monoisotopic (exact) mass is 437 g/mol. The maximum atomic E-state index is 14.0. The zero-order valence-electron chi connectivity index (χ0n) is 18.5. The quantitative estimate of drug-likeness (QED) is 0.482. The Balaban J connectivity index is 1.89. The largest absolute Gasteiger partial charge is 0.466 e. The van der Waals surface area contributed by atoms with Crippen molar-refractivity contribution in [2.75, 3.05) is 18.1 Å². The Kier molecular flexibility index (Phi) is 7.60. The molecule has 1 aliphatic rings. The van der Waals surface area contributed by atoms with Gasteiger partial charge in [-0.3, -0.25) is 19.4 Å². The minimum atomic E-state index is -1.19. The highest BCUT2D eigenvalue weighted by Crippen LogP contribution is 2.37. The molecule has 168 valence electrons. The molecule has 7 heteroatoms. The smallest absolute Gasteiger partial charge is 0.315 e. The predicted octanol–water partition coefficient (Wildman–Crippen LogP) is 4.06. The van der Waals surface area contributed by atoms with Crippen LogP contribution in [0.2, 0.25) is 0 Å². The molecule has 0 aromatic heterocycles. The molecule has 1 amide bonds. The zero-order valence-corrected chi connectivity index (χ0v) is 18.5. The van der Waals surface area contributed by atoms with E-state index < -0.39 is 29.7 Å². The third-order valence-corrected chi connectivity index (χ3v) is 5.85. The third kappa shape index (κ3) is 5.32. The van der Waals surface area contributed by atoms with E-state index in [0.29, 0.717) is 19.4 Å². The SMILES string of the molecule is CCOC(=O)CC(=O)N(c1cccc(F)c1)[C@@]1(C#N)CCN(Cc2ccccc2)[C@H](C)C1. The van der Waals surface area contributed by atoms with E-state index >= 15 is 0 Å². The highest BCUT2D eigenvalue weighted by atomic mass is 19.1. The van der Waals surface area contributed by atoms with Gasteiger partial charge < -0.3 is 4.74 Å². The number of hydrogen-bond donors (Lipinski definition) is 0. The van der Waals surface area contributed by atoms with Crippen molar-refractivity contribution in [1.29, 1.82) is 5.26 Å². The van der Waals surface area contributed by atoms with Crippen LogP contribution in [0.4, 0.5) is 10.1 Å². The van der Waals surface area contributed by atoms with Crippen LogP contribution in [0.5, 0.6) is 0 Å². The van der Waals surface area contributed by atoms with Crippen molar-refractivity contribution >= 4 is 17.6 Å². The van der Waals surface area contributed by atoms with Crippen LogP contribution in [0, 0.1) is 17.1 Å². The van der Waals surface area contributed by atoms with Crippen molar-refractivity contribution in [3.8, 4) is 6.07 Å². The van der Waals surface area contributed by atoms with Crippen LogP contribution in [0.3, 0.4) is 0 Å². The molecule has 6 nitrogen and oxygen atoms in total. The summed E-state index contributed by atoms with van der Waals surface area (Å²) in [6.45, 7) is 5.16. The van der Waals surface area contributed by atoms with Crippen LogP contribution in [-0.4, -0.2) is 41.5 Å². The Morgan fingerprint density at radius 2 is 2.00 bits per heavy atom. The summed E-state index contributed by atoms with van der Waals surface area (Å²) in [4.78, 5) is 28.8. The number of ether oxygens (including phenoxy) is 1. The van der Waals surface area contributed by atoms with Crippen molar-refractivity contribution in [3.63, 3.8) is 0 Å². The van der Waals surface area contributed by atoms with E-state index in [1.165, 1.54) is 28.7 Å². The van der Waals surface area contributed by atoms with Gasteiger partial charge in [-0.2, -0.15) is 5.26 Å². The molecule has 2 aromatic carbocycles. The minimum Gasteiger partial charge on any atom is -0.466 e. The van der Waals surface area contributed by atoms with Gasteiger partial charge in [-0.25, -0.2) is 4.39 Å². The van der Waals surface area contributed by atoms with Crippen LogP contribution in [0.25, 0.3) is 0 Å². The van der Waals surface area contributed by atoms with Crippen molar-refractivity contribution < 1.29 is 18.7 Å². The molecule has 0 radical (unpaired) electrons. The standard InChI is InChI=1S/C25H28FN3O3/c1-3-32-24(31)15-23(30)29(22-11-7-10-21(26)14-22)25(18-27)12-13-28(19(2)16-25)17-20-8-5-4-6-9-20/h4-11,14,19H,3,12-13,15-17H2,1-2H3/t19-,25+/m1/s1. The average molecular weight is 438 g/mol. The summed E-state index contributed by atoms with van der Waals surface area (Å²) < 4.78 is 19.0. The number of carbonyl (C=O) groups is 2. The second-order valence-corrected chi connectivity index (χ2v) is 8.09. The van der Waals surface area contributed by atoms with E-state index in [-0.39, 0.29) is 18.3 Å². The average Bonchev–Trinajstić information content (AvgIpc) is 2.76. The van der Waals surface area contributed by atoms with E-state index in [1.54, 1.807) is 13.0 Å². The van der Waals surface area contributed by atoms with E-state index in [4.69, 9.17) is 4.74 Å². The van der Waals surface area contributed by atoms with Gasteiger partial charge in [0.25, 0.3) is 0 Å². The maximum absolute atomic E-state index is 14.0. The second kappa shape index (κ2) is 10.4. The van der Waals surface area contributed by atoms with Crippen molar-refractivity contribution in [2.45, 2.75) is 51.2 Å². The van der Waals surface area contributed by atoms with Gasteiger partial charge >= 0.3 is 5.97 Å². The van der Waals surface area contributed by atoms with Gasteiger partial charge in [-0.05, 0) is 50.5 Å². The first-order valence-corrected chi connectivity index (χ1v) is 10.8. The predicted molar refractivity (Wildman–Crippen MR) is 119 cm³/mol. The van der Waals surface area contributed by atoms with Crippen LogP contribution < -0.4 is 4.90 Å². The number of likely N-dealkylation sites (tertiary alicyclic amines) is 1. The Labute approximate surface area is 188 Å². The number of nitrogens with zero attached hydrogens (tertiary/aromatic N) is 3. The number of rotatable bonds is 7. The number of nitriles is 1. The number of amides is 1. The summed E-state index contributed by atoms with van der Waals surface area (Å²) in [6, 6.07) is 18.0. The van der Waals surface area contributed by atoms with Crippen LogP contribution >= 0.6 is 0 Å². The van der Waals surface area contributed by atoms with Gasteiger partial charge in [0.1, 0.15) is 17.8 Å². The van der Waals surface area contributed by atoms with Gasteiger partial charge in [0.05, 0.1) is 12.7 Å². The van der Waals surface area contributed by atoms with Crippen LogP contribution in [0.1, 0.15) is 38.7 Å². The summed E-state index contributed by atoms with van der Waals surface area (Å²) in [5, 5.41) is 10.3. The molecule has 0 N–H and O–H groups in total. The van der Waals surface area contributed by atoms with E-state index in [9.17, 15) is 19.2 Å². The molecule has 1 saturated heterocycles. The fraction of sp³-hybridized carbons (Fsp3) is 0.400. The Hall–Kier alpha value is -3.24. The van der Waals surface area contributed by atoms with Gasteiger partial charge in [0.2, 0.25) is 5.91 Å². The molecule has 3 rings (SSSR count). The fourth-order valence-corrected chi connectivity index (χ4v) is 4.34. The van der Waals surface area contributed by atoms with Crippen molar-refractivity contribution in [2.24, 2.45) is 0 Å². The van der Waals surface area contributed by atoms with Crippen LogP contribution in [0.15, 0.2) is 54.6 Å². The Morgan fingerprint density at radius 1 is 1.25 bits per heavy atom. The third-order valence-electron chi connectivity index (χ3n) is 5.85. The second-order valence-electron chi connectivity index (χ2n) is 8.09. The molecule has 2 atom stereocenters. The number of benzene rings is 2. The lowest BCUT2D eigenvalue weighted by Crippen LogP contribution is -2.59. The molecule has 32 heavy (non-hydrogen) atoms. The van der Waals surface area contributed by atoms with Crippen molar-refractivity contribution in [3.05, 3.63) is 66.0 Å². The first kappa shape index (κ1) is 23.4. The Bertz CT molecular complexity index is 991. The first-order valence-electron chi connectivity index (χ1n) is 10.8. The molecule has 0 saturated carbocycles. The Morgan fingerprint density at radius 3 is 2.62 bits per heavy atom. The molecule has 1 fully saturated rings. The fourth-order valence-electron chi connectivity index (χ4n) is 4.34. The number of halogens is 1. The maximum Gasteiger partial charge on any atom is 0.315 e. The lowest BCUT2D eigenvalue weighted by atomic mass is 9.82. The number of anilines is 1. The van der Waals surface area contributed by atoms with E-state index in [1.807, 2.05) is 25.1 Å². The van der Waals surface area contributed by atoms with Gasteiger partial charge in [0, 0.05) is 24.8 Å². The molecule has 0 bridgehead atoms. The number of carbonyl (C=O) groups excluding carboxylic acids is 2. The van der Waals surface area contributed by atoms with Crippen LogP contribution in [-0.2, 0) is 20.9 Å². The summed E-state index contributed by atoms with van der Waals surface area (Å²) in [6.07, 6.45) is 0.253. The molecular weight excluding hydrogens is 409 g/mol. The number of hydrogen-bond acceptors (Lipinski definition) is 5. The molecule has 0 spiro atoms. The van der Waals surface area contributed by atoms with Gasteiger partial charge in [-0.15, -0.1) is 0 Å². The van der Waals surface area contributed by atoms with E-state index in [2.05, 4.69) is 23.1 Å². The lowest BCUT2D eigenvalue weighted by molar-refractivity contribution is -0.145. The zero-order chi connectivity index (χ0) is 23.1. The first-order chi connectivity index (χ1) is 15.4. The molecule has 1 aliphatic heterocycles. The molecule has 0 unspecified atom stereocenters. The van der Waals surface area contributed by atoms with E-state index in [0.717, 1.165) is 6.54 Å². The lowest BCUT2D eigenvalue weighted by Gasteiger charge is -2.47. The normalized spacial score (nSPS) is 20.9. The summed E-state index contributed by atoms with van der Waals surface area (Å²) in [5.41, 5.74) is 0.248. The number of piperidine rings is 1. The number of esters is 1. The summed E-state index contributed by atoms with van der Waals surface area (Å²) in [5.74, 6) is -1.75. The topological polar surface area (TPSA) is 73.6 Å². The molecule has 1 heterocycles. The van der Waals surface area contributed by atoms with Gasteiger partial charge in [-0.1, -0.05) is 36.4 Å².